The van der Waals surface area contributed by atoms with Gasteiger partial charge in [0.2, 0.25) is 0 Å². The lowest BCUT2D eigenvalue weighted by molar-refractivity contribution is -0.127. The molecule has 36 heavy (non-hydrogen) atoms. The van der Waals surface area contributed by atoms with Crippen molar-refractivity contribution in [3.8, 4) is 0 Å². The number of amides is 3. The molecule has 0 aliphatic carbocycles. The fraction of sp³-hybridized carbons (Fsp3) is 0.192. The monoisotopic (exact) mass is 523 g/mol. The lowest BCUT2D eigenvalue weighted by Gasteiger charge is -2.38. The van der Waals surface area contributed by atoms with Crippen molar-refractivity contribution in [2.45, 2.75) is 13.0 Å². The van der Waals surface area contributed by atoms with Crippen molar-refractivity contribution in [3.05, 3.63) is 76.2 Å². The lowest BCUT2D eigenvalue weighted by Crippen LogP contribution is -2.48. The van der Waals surface area contributed by atoms with Gasteiger partial charge in [-0.2, -0.15) is 0 Å². The predicted molar refractivity (Wildman–Crippen MR) is 144 cm³/mol. The van der Waals surface area contributed by atoms with E-state index in [0.29, 0.717) is 29.2 Å². The summed E-state index contributed by atoms with van der Waals surface area (Å²) in [6, 6.07) is 9.38. The Hall–Kier alpha value is -3.69. The Morgan fingerprint density at radius 1 is 1.19 bits per heavy atom. The van der Waals surface area contributed by atoms with E-state index >= 15 is 0 Å². The second-order valence-electron chi connectivity index (χ2n) is 8.36. The average molecular weight is 524 g/mol. The summed E-state index contributed by atoms with van der Waals surface area (Å²) in [5, 5.41) is 11.1. The largest absolute Gasteiger partial charge is 0.373 e. The van der Waals surface area contributed by atoms with E-state index in [2.05, 4.69) is 20.9 Å². The van der Waals surface area contributed by atoms with Crippen molar-refractivity contribution in [2.75, 3.05) is 24.2 Å². The van der Waals surface area contributed by atoms with Crippen molar-refractivity contribution >= 4 is 68.1 Å². The van der Waals surface area contributed by atoms with E-state index in [1.54, 1.807) is 24.2 Å². The summed E-state index contributed by atoms with van der Waals surface area (Å²) >= 11 is 7.89. The summed E-state index contributed by atoms with van der Waals surface area (Å²) in [5.74, 6) is -0.407. The van der Waals surface area contributed by atoms with E-state index in [0.717, 1.165) is 16.2 Å². The third kappa shape index (κ3) is 4.36. The number of urea groups is 1. The van der Waals surface area contributed by atoms with E-state index < -0.39 is 11.8 Å². The first-order valence-electron chi connectivity index (χ1n) is 11.4. The number of anilines is 2. The van der Waals surface area contributed by atoms with Gasteiger partial charge in [0.25, 0.3) is 5.91 Å². The Morgan fingerprint density at radius 2 is 1.97 bits per heavy atom. The molecule has 3 amide bonds. The Bertz CT molecular complexity index is 1460. The fourth-order valence-corrected chi connectivity index (χ4v) is 5.62. The summed E-state index contributed by atoms with van der Waals surface area (Å²) < 4.78 is 15.8. The predicted octanol–water partition coefficient (Wildman–Crippen LogP) is 5.71. The highest BCUT2D eigenvalue weighted by atomic mass is 35.5. The number of likely N-dealkylation sites (N-methyl/N-ethyl adjacent to an activating group) is 1. The van der Waals surface area contributed by atoms with Crippen LogP contribution in [-0.2, 0) is 4.79 Å². The maximum absolute atomic E-state index is 14.8. The van der Waals surface area contributed by atoms with Gasteiger partial charge in [-0.25, -0.2) is 14.2 Å². The number of benzene rings is 2. The number of nitrogens with one attached hydrogen (secondary N) is 3. The Kier molecular flexibility index (Phi) is 6.51. The second-order valence-corrected chi connectivity index (χ2v) is 9.67. The lowest BCUT2D eigenvalue weighted by atomic mass is 9.87. The third-order valence-electron chi connectivity index (χ3n) is 6.24. The molecule has 3 aromatic rings. The number of hydrogen-bond donors (Lipinski definition) is 3. The molecule has 3 N–H and O–H groups in total. The number of fused-ring (bicyclic) bond motifs is 2. The van der Waals surface area contributed by atoms with Crippen LogP contribution in [0.4, 0.5) is 20.6 Å². The zero-order valence-corrected chi connectivity index (χ0v) is 21.1. The number of hydrogen-bond acceptors (Lipinski definition) is 5. The van der Waals surface area contributed by atoms with Crippen LogP contribution in [0.1, 0.15) is 12.5 Å². The van der Waals surface area contributed by atoms with E-state index in [4.69, 9.17) is 11.6 Å². The molecule has 2 aliphatic rings. The van der Waals surface area contributed by atoms with Crippen LogP contribution < -0.4 is 16.0 Å². The molecule has 0 bridgehead atoms. The van der Waals surface area contributed by atoms with Gasteiger partial charge in [-0.15, -0.1) is 11.3 Å². The minimum absolute atomic E-state index is 0.0793. The minimum Gasteiger partial charge on any atom is -0.373 e. The van der Waals surface area contributed by atoms with E-state index in [9.17, 15) is 14.0 Å². The number of rotatable bonds is 5. The van der Waals surface area contributed by atoms with Gasteiger partial charge >= 0.3 is 6.03 Å². The van der Waals surface area contributed by atoms with Crippen LogP contribution in [-0.4, -0.2) is 42.7 Å². The Labute approximate surface area is 216 Å². The molecule has 184 valence electrons. The molecule has 5 rings (SSSR count). The van der Waals surface area contributed by atoms with Gasteiger partial charge in [0, 0.05) is 52.3 Å². The molecular formula is C26H23ClFN5O2S. The number of thiophene rings is 1. The van der Waals surface area contributed by atoms with Crippen LogP contribution in [0.2, 0.25) is 5.02 Å². The summed E-state index contributed by atoms with van der Waals surface area (Å²) in [5.41, 5.74) is 1.22. The van der Waals surface area contributed by atoms with Gasteiger partial charge in [0.05, 0.1) is 22.4 Å². The molecule has 2 aliphatic heterocycles. The zero-order chi connectivity index (χ0) is 25.4. The quantitative estimate of drug-likeness (QED) is 0.400. The van der Waals surface area contributed by atoms with E-state index in [1.165, 1.54) is 17.4 Å². The first-order chi connectivity index (χ1) is 17.4. The molecule has 0 fully saturated rings. The van der Waals surface area contributed by atoms with Crippen LogP contribution in [0.25, 0.3) is 15.7 Å². The fourth-order valence-electron chi connectivity index (χ4n) is 4.47. The Balaban J connectivity index is 1.44. The molecule has 0 saturated carbocycles. The summed E-state index contributed by atoms with van der Waals surface area (Å²) in [6.07, 6.45) is 5.49. The topological polar surface area (TPSA) is 85.8 Å². The molecule has 0 radical (unpaired) electrons. The van der Waals surface area contributed by atoms with Crippen LogP contribution in [0, 0.1) is 11.7 Å². The maximum atomic E-state index is 14.8. The van der Waals surface area contributed by atoms with Gasteiger partial charge < -0.3 is 20.9 Å². The zero-order valence-electron chi connectivity index (χ0n) is 19.5. The van der Waals surface area contributed by atoms with Gasteiger partial charge in [-0.1, -0.05) is 35.9 Å². The van der Waals surface area contributed by atoms with Crippen LogP contribution in [0.5, 0.6) is 0 Å². The summed E-state index contributed by atoms with van der Waals surface area (Å²) in [6.45, 7) is 2.37. The number of nitrogens with zero attached hydrogens (tertiary/aromatic N) is 2. The molecule has 3 heterocycles. The van der Waals surface area contributed by atoms with Gasteiger partial charge in [-0.05, 0) is 31.2 Å². The first-order valence-corrected chi connectivity index (χ1v) is 12.7. The Morgan fingerprint density at radius 3 is 2.75 bits per heavy atom. The normalized spacial score (nSPS) is 19.0. The van der Waals surface area contributed by atoms with Crippen molar-refractivity contribution in [2.24, 2.45) is 10.9 Å². The molecule has 2 aromatic carbocycles. The molecule has 2 unspecified atom stereocenters. The smallest absolute Gasteiger partial charge is 0.323 e. The molecular weight excluding hydrogens is 501 g/mol. The minimum atomic E-state index is -0.705. The first kappa shape index (κ1) is 24.0. The van der Waals surface area contributed by atoms with Gasteiger partial charge in [-0.3, -0.25) is 4.79 Å². The standard InChI is InChI=1S/C26H23ClFN5O2S/c1-3-33-22-11-24(29-2)30-12-14(22)8-17(25(33)34)16-9-20(19(28)10-18(16)27)31-26(35)32-21-13-36-23-7-5-4-6-15(21)23/h4-14,22,29H,3H2,1-2H3,(H2,31,32,35). The second kappa shape index (κ2) is 9.75. The molecule has 1 aromatic heterocycles. The third-order valence-corrected chi connectivity index (χ3v) is 7.52. The van der Waals surface area contributed by atoms with Crippen molar-refractivity contribution in [1.82, 2.24) is 10.2 Å². The average Bonchev–Trinajstić information content (AvgIpc) is 3.28. The van der Waals surface area contributed by atoms with Crippen LogP contribution in [0.3, 0.4) is 0 Å². The highest BCUT2D eigenvalue weighted by Crippen LogP contribution is 2.37. The van der Waals surface area contributed by atoms with Crippen molar-refractivity contribution < 1.29 is 14.0 Å². The molecule has 0 saturated heterocycles. The van der Waals surface area contributed by atoms with Crippen LogP contribution >= 0.6 is 22.9 Å². The van der Waals surface area contributed by atoms with Crippen LogP contribution in [0.15, 0.2) is 64.7 Å². The molecule has 7 nitrogen and oxygen atoms in total. The van der Waals surface area contributed by atoms with Gasteiger partial charge in [0.1, 0.15) is 11.6 Å². The highest BCUT2D eigenvalue weighted by molar-refractivity contribution is 7.17. The van der Waals surface area contributed by atoms with Gasteiger partial charge in [0.15, 0.2) is 0 Å². The maximum Gasteiger partial charge on any atom is 0.323 e. The number of carbonyl (C=O) groups is 2. The molecule has 10 heteroatoms. The SMILES string of the molecule is CCN1C(=O)C(c2cc(NC(=O)Nc3csc4ccccc34)c(F)cc2Cl)=CC2C=NC(NC)=CC21. The molecule has 2 atom stereocenters. The summed E-state index contributed by atoms with van der Waals surface area (Å²) in [7, 11) is 1.77. The van der Waals surface area contributed by atoms with Crippen molar-refractivity contribution in [3.63, 3.8) is 0 Å². The summed E-state index contributed by atoms with van der Waals surface area (Å²) in [4.78, 5) is 32.3. The van der Waals surface area contributed by atoms with Crippen molar-refractivity contribution in [1.29, 1.82) is 0 Å². The number of carbonyl (C=O) groups excluding carboxylic acids is 2. The highest BCUT2D eigenvalue weighted by Gasteiger charge is 2.36. The van der Waals surface area contributed by atoms with E-state index in [1.807, 2.05) is 42.6 Å². The molecule has 0 spiro atoms. The van der Waals surface area contributed by atoms with E-state index in [-0.39, 0.29) is 28.6 Å². The number of aliphatic imine (C=N–C) groups is 1. The number of halogens is 2.